The number of sulfone groups is 1. The lowest BCUT2D eigenvalue weighted by Gasteiger charge is -2.42. The second kappa shape index (κ2) is 17.2. The second-order valence-corrected chi connectivity index (χ2v) is 17.5. The Labute approximate surface area is 342 Å². The van der Waals surface area contributed by atoms with Crippen molar-refractivity contribution in [3.63, 3.8) is 0 Å². The Kier molecular flexibility index (Phi) is 11.7. The van der Waals surface area contributed by atoms with Crippen LogP contribution in [-0.4, -0.2) is 101 Å². The molecule has 0 radical (unpaired) electrons. The summed E-state index contributed by atoms with van der Waals surface area (Å²) in [6.07, 6.45) is 9.25. The topological polar surface area (TPSA) is 134 Å². The third kappa shape index (κ3) is 9.12. The molecule has 12 nitrogen and oxygen atoms in total. The lowest BCUT2D eigenvalue weighted by molar-refractivity contribution is 0.0790. The fraction of sp³-hybridized carbons (Fsp3) is 0.318. The monoisotopic (exact) mass is 820 g/mol. The highest BCUT2D eigenvalue weighted by atomic mass is 32.2. The first kappa shape index (κ1) is 40.0. The van der Waals surface area contributed by atoms with Crippen LogP contribution in [0.1, 0.15) is 47.5 Å². The summed E-state index contributed by atoms with van der Waals surface area (Å²) in [6.45, 7) is 4.37. The van der Waals surface area contributed by atoms with E-state index < -0.39 is 33.1 Å². The summed E-state index contributed by atoms with van der Waals surface area (Å²) in [4.78, 5) is 32.4. The maximum atomic E-state index is 14.3. The number of ether oxygens (including phenoxy) is 1. The van der Waals surface area contributed by atoms with Gasteiger partial charge in [0, 0.05) is 68.5 Å². The van der Waals surface area contributed by atoms with Gasteiger partial charge in [-0.05, 0) is 91.8 Å². The van der Waals surface area contributed by atoms with Gasteiger partial charge in [-0.1, -0.05) is 30.3 Å². The number of para-hydroxylation sites is 1. The molecule has 1 saturated carbocycles. The number of piperazine rings is 1. The first-order chi connectivity index (χ1) is 28.5. The number of hydrogen-bond donors (Lipinski definition) is 2. The number of anilines is 3. The van der Waals surface area contributed by atoms with E-state index in [9.17, 15) is 22.0 Å². The summed E-state index contributed by atoms with van der Waals surface area (Å²) in [6, 6.07) is 24.4. The Morgan fingerprint density at radius 2 is 1.64 bits per heavy atom. The quantitative estimate of drug-likeness (QED) is 0.128. The summed E-state index contributed by atoms with van der Waals surface area (Å²) in [5.74, 6) is -0.738. The zero-order chi connectivity index (χ0) is 41.1. The van der Waals surface area contributed by atoms with Crippen LogP contribution in [-0.2, 0) is 9.84 Å². The van der Waals surface area contributed by atoms with Crippen LogP contribution in [0.25, 0.3) is 28.3 Å². The molecule has 2 fully saturated rings. The summed E-state index contributed by atoms with van der Waals surface area (Å²) >= 11 is 0. The van der Waals surface area contributed by atoms with Gasteiger partial charge >= 0.3 is 0 Å². The van der Waals surface area contributed by atoms with Crippen molar-refractivity contribution < 1.29 is 26.7 Å². The van der Waals surface area contributed by atoms with Crippen LogP contribution in [0.5, 0.6) is 5.75 Å². The number of methoxy groups -OCH3 is 1. The number of fused-ring (bicyclic) bond motifs is 1. The van der Waals surface area contributed by atoms with Crippen molar-refractivity contribution in [2.24, 2.45) is 0 Å². The Morgan fingerprint density at radius 3 is 2.39 bits per heavy atom. The molecule has 0 unspecified atom stereocenters. The normalized spacial score (nSPS) is 17.8. The van der Waals surface area contributed by atoms with Gasteiger partial charge in [0.15, 0.2) is 0 Å². The molecule has 306 valence electrons. The molecule has 3 aromatic carbocycles. The SMILES string of the molecule is COc1cc([C@H]2CC[C@@H](N3CCN(CCS(C)(=O)=O)CC3)CC2)ccc1Nc1nccc(-c2c(-c3cccc(C(=O)Nc4c(F)cccc4F)c3)nc3ccccn23)n1. The van der Waals surface area contributed by atoms with Crippen molar-refractivity contribution in [3.8, 4) is 28.4 Å². The maximum absolute atomic E-state index is 14.3. The van der Waals surface area contributed by atoms with Crippen molar-refractivity contribution in [1.29, 1.82) is 0 Å². The highest BCUT2D eigenvalue weighted by Gasteiger charge is 2.30. The molecular formula is C44H46F2N8O4S. The molecule has 6 aromatic rings. The second-order valence-electron chi connectivity index (χ2n) is 15.2. The van der Waals surface area contributed by atoms with E-state index >= 15 is 0 Å². The fourth-order valence-corrected chi connectivity index (χ4v) is 8.80. The number of benzene rings is 3. The van der Waals surface area contributed by atoms with Crippen molar-refractivity contribution in [1.82, 2.24) is 29.2 Å². The smallest absolute Gasteiger partial charge is 0.255 e. The molecule has 1 amide bonds. The van der Waals surface area contributed by atoms with Gasteiger partial charge in [0.25, 0.3) is 5.91 Å². The third-order valence-electron chi connectivity index (χ3n) is 11.4. The van der Waals surface area contributed by atoms with Crippen molar-refractivity contribution in [2.45, 2.75) is 37.6 Å². The highest BCUT2D eigenvalue weighted by Crippen LogP contribution is 2.39. The minimum Gasteiger partial charge on any atom is -0.495 e. The number of nitrogens with zero attached hydrogens (tertiary/aromatic N) is 6. The summed E-state index contributed by atoms with van der Waals surface area (Å²) in [5, 5.41) is 5.72. The van der Waals surface area contributed by atoms with Gasteiger partial charge in [0.05, 0.1) is 35.6 Å². The predicted molar refractivity (Wildman–Crippen MR) is 225 cm³/mol. The highest BCUT2D eigenvalue weighted by molar-refractivity contribution is 7.90. The van der Waals surface area contributed by atoms with E-state index in [4.69, 9.17) is 14.7 Å². The maximum Gasteiger partial charge on any atom is 0.255 e. The van der Waals surface area contributed by atoms with Gasteiger partial charge in [-0.15, -0.1) is 0 Å². The Morgan fingerprint density at radius 1 is 0.881 bits per heavy atom. The standard InChI is InChI=1S/C44H46F2N8O4S/c1-58-38-28-30(29-12-15-33(16-13-29)53-23-21-52(22-24-53)25-26-59(2,56)57)14-17-36(38)48-44-47-19-18-37(49-44)42-40(50-39-11-3-4-20-54(39)42)31-7-5-8-32(27-31)43(55)51-41-34(45)9-6-10-35(41)46/h3-11,14,17-20,27-29,33H,12-13,15-16,21-26H2,1-2H3,(H,51,55)(H,47,48,49)/t29-,33+. The lowest BCUT2D eigenvalue weighted by atomic mass is 9.81. The van der Waals surface area contributed by atoms with Crippen LogP contribution in [0, 0.1) is 11.6 Å². The number of rotatable bonds is 12. The van der Waals surface area contributed by atoms with Gasteiger partial charge in [-0.3, -0.25) is 19.0 Å². The van der Waals surface area contributed by atoms with Crippen LogP contribution >= 0.6 is 0 Å². The minimum absolute atomic E-state index is 0.195. The Hall–Kier alpha value is -5.77. The first-order valence-electron chi connectivity index (χ1n) is 19.8. The molecule has 8 rings (SSSR count). The van der Waals surface area contributed by atoms with Gasteiger partial charge in [-0.25, -0.2) is 32.2 Å². The fourth-order valence-electron chi connectivity index (χ4n) is 8.21. The van der Waals surface area contributed by atoms with Crippen LogP contribution < -0.4 is 15.4 Å². The number of nitrogens with one attached hydrogen (secondary N) is 2. The number of carbonyl (C=O) groups excluding carboxylic acids is 1. The number of hydrogen-bond acceptors (Lipinski definition) is 10. The van der Waals surface area contributed by atoms with Crippen LogP contribution in [0.15, 0.2) is 97.3 Å². The van der Waals surface area contributed by atoms with E-state index in [1.807, 2.05) is 40.9 Å². The predicted octanol–water partition coefficient (Wildman–Crippen LogP) is 7.43. The molecule has 0 bridgehead atoms. The summed E-state index contributed by atoms with van der Waals surface area (Å²) < 4.78 is 59.7. The average molecular weight is 821 g/mol. The van der Waals surface area contributed by atoms with E-state index in [1.165, 1.54) is 17.9 Å². The minimum atomic E-state index is -2.95. The molecule has 0 atom stereocenters. The summed E-state index contributed by atoms with van der Waals surface area (Å²) in [5.41, 5.74) is 4.68. The molecule has 15 heteroatoms. The van der Waals surface area contributed by atoms with Crippen LogP contribution in [0.2, 0.25) is 0 Å². The third-order valence-corrected chi connectivity index (χ3v) is 12.3. The van der Waals surface area contributed by atoms with Gasteiger partial charge < -0.3 is 15.4 Å². The zero-order valence-corrected chi connectivity index (χ0v) is 33.8. The number of imidazole rings is 1. The molecule has 1 aliphatic heterocycles. The molecule has 4 heterocycles. The average Bonchev–Trinajstić information content (AvgIpc) is 3.64. The van der Waals surface area contributed by atoms with Crippen LogP contribution in [0.3, 0.4) is 0 Å². The number of aromatic nitrogens is 4. The largest absolute Gasteiger partial charge is 0.495 e. The van der Waals surface area contributed by atoms with Gasteiger partial charge in [-0.2, -0.15) is 0 Å². The van der Waals surface area contributed by atoms with E-state index in [2.05, 4.69) is 37.6 Å². The van der Waals surface area contributed by atoms with E-state index in [-0.39, 0.29) is 11.3 Å². The first-order valence-corrected chi connectivity index (χ1v) is 21.8. The molecule has 0 spiro atoms. The molecule has 3 aromatic heterocycles. The molecular weight excluding hydrogens is 775 g/mol. The van der Waals surface area contributed by atoms with E-state index in [0.29, 0.717) is 58.5 Å². The lowest BCUT2D eigenvalue weighted by Crippen LogP contribution is -2.51. The molecule has 2 N–H and O–H groups in total. The molecule has 2 aliphatic rings. The van der Waals surface area contributed by atoms with E-state index in [0.717, 1.165) is 69.7 Å². The molecule has 1 saturated heterocycles. The van der Waals surface area contributed by atoms with E-state index in [1.54, 1.807) is 37.6 Å². The van der Waals surface area contributed by atoms with Crippen molar-refractivity contribution in [3.05, 3.63) is 120 Å². The van der Waals surface area contributed by atoms with Crippen molar-refractivity contribution in [2.75, 3.05) is 62.5 Å². The number of halogens is 2. The van der Waals surface area contributed by atoms with Crippen LogP contribution in [0.4, 0.5) is 26.1 Å². The Bertz CT molecular complexity index is 2570. The molecule has 59 heavy (non-hydrogen) atoms. The zero-order valence-electron chi connectivity index (χ0n) is 32.9. The van der Waals surface area contributed by atoms with Gasteiger partial charge in [0.2, 0.25) is 5.95 Å². The number of pyridine rings is 1. The Balaban J connectivity index is 0.972. The number of amides is 1. The number of carbonyl (C=O) groups is 1. The summed E-state index contributed by atoms with van der Waals surface area (Å²) in [7, 11) is -1.30. The van der Waals surface area contributed by atoms with Gasteiger partial charge in [0.1, 0.15) is 38.6 Å². The molecule has 1 aliphatic carbocycles. The van der Waals surface area contributed by atoms with Crippen molar-refractivity contribution >= 4 is 38.7 Å².